The molecule has 2 aromatic heterocycles. The molecule has 0 aliphatic carbocycles. The standard InChI is InChI=1S/C28H30N4O3/c1-20-15-26(35-28(34)30-17-23-8-6-22(16-29)7-9-23)21(2)32(20)19-25-12-10-24(11-13-25)18-31-14-4-3-5-27(31)33/h3-15H,16-19,29H2,1-2H3,(H,30,34). The molecule has 0 aliphatic rings. The van der Waals surface area contributed by atoms with Crippen LogP contribution in [0.3, 0.4) is 0 Å². The first-order chi connectivity index (χ1) is 16.9. The maximum atomic E-state index is 12.4. The number of nitrogens with one attached hydrogen (secondary N) is 1. The quantitative estimate of drug-likeness (QED) is 0.405. The predicted octanol–water partition coefficient (Wildman–Crippen LogP) is 4.11. The summed E-state index contributed by atoms with van der Waals surface area (Å²) in [5.74, 6) is 0.540. The minimum Gasteiger partial charge on any atom is -0.408 e. The number of pyridine rings is 1. The molecule has 0 radical (unpaired) electrons. The lowest BCUT2D eigenvalue weighted by Crippen LogP contribution is -2.26. The molecule has 2 heterocycles. The molecule has 1 amide bonds. The van der Waals surface area contributed by atoms with E-state index >= 15 is 0 Å². The van der Waals surface area contributed by atoms with Crippen LogP contribution in [0.4, 0.5) is 4.79 Å². The minimum absolute atomic E-state index is 0.0174. The molecule has 0 fully saturated rings. The molecule has 4 rings (SSSR count). The van der Waals surface area contributed by atoms with Crippen molar-refractivity contribution in [3.8, 4) is 5.75 Å². The number of hydrogen-bond acceptors (Lipinski definition) is 4. The van der Waals surface area contributed by atoms with Crippen LogP contribution in [0.2, 0.25) is 0 Å². The fourth-order valence-electron chi connectivity index (χ4n) is 3.94. The summed E-state index contributed by atoms with van der Waals surface area (Å²) in [7, 11) is 0. The number of hydrogen-bond donors (Lipinski definition) is 2. The van der Waals surface area contributed by atoms with E-state index in [1.807, 2.05) is 62.4 Å². The smallest absolute Gasteiger partial charge is 0.408 e. The van der Waals surface area contributed by atoms with E-state index in [1.165, 1.54) is 0 Å². The summed E-state index contributed by atoms with van der Waals surface area (Å²) in [5, 5.41) is 2.79. The van der Waals surface area contributed by atoms with Gasteiger partial charge in [0.2, 0.25) is 0 Å². The summed E-state index contributed by atoms with van der Waals surface area (Å²) < 4.78 is 9.38. The first-order valence-corrected chi connectivity index (χ1v) is 11.6. The molecular weight excluding hydrogens is 440 g/mol. The monoisotopic (exact) mass is 470 g/mol. The molecule has 7 heteroatoms. The maximum absolute atomic E-state index is 12.4. The highest BCUT2D eigenvalue weighted by Gasteiger charge is 2.14. The van der Waals surface area contributed by atoms with Gasteiger partial charge in [0.05, 0.1) is 12.2 Å². The molecule has 3 N–H and O–H groups in total. The molecular formula is C28H30N4O3. The number of aromatic nitrogens is 2. The third-order valence-corrected chi connectivity index (χ3v) is 6.04. The van der Waals surface area contributed by atoms with Gasteiger partial charge in [-0.3, -0.25) is 4.79 Å². The lowest BCUT2D eigenvalue weighted by atomic mass is 10.1. The number of carbonyl (C=O) groups excluding carboxylic acids is 1. The second-order valence-corrected chi connectivity index (χ2v) is 8.57. The Kier molecular flexibility index (Phi) is 7.48. The normalized spacial score (nSPS) is 10.8. The van der Waals surface area contributed by atoms with Crippen LogP contribution in [-0.2, 0) is 26.2 Å². The van der Waals surface area contributed by atoms with Crippen LogP contribution in [0.25, 0.3) is 0 Å². The molecule has 7 nitrogen and oxygen atoms in total. The zero-order valence-electron chi connectivity index (χ0n) is 20.0. The number of nitrogens with two attached hydrogens (primary N) is 1. The molecule has 0 saturated carbocycles. The number of rotatable bonds is 8. The number of amides is 1. The molecule has 2 aromatic carbocycles. The van der Waals surface area contributed by atoms with E-state index in [0.29, 0.717) is 31.9 Å². The largest absolute Gasteiger partial charge is 0.412 e. The summed E-state index contributed by atoms with van der Waals surface area (Å²) in [5.41, 5.74) is 11.7. The average Bonchev–Trinajstić information content (AvgIpc) is 3.12. The summed E-state index contributed by atoms with van der Waals surface area (Å²) in [6.45, 7) is 5.99. The van der Waals surface area contributed by atoms with Crippen LogP contribution in [0, 0.1) is 13.8 Å². The van der Waals surface area contributed by atoms with Crippen LogP contribution in [0.5, 0.6) is 5.75 Å². The highest BCUT2D eigenvalue weighted by molar-refractivity contribution is 5.70. The Bertz CT molecular complexity index is 1350. The van der Waals surface area contributed by atoms with Gasteiger partial charge in [0.1, 0.15) is 0 Å². The summed E-state index contributed by atoms with van der Waals surface area (Å²) >= 11 is 0. The second-order valence-electron chi connectivity index (χ2n) is 8.57. The van der Waals surface area contributed by atoms with Crippen molar-refractivity contribution in [2.75, 3.05) is 0 Å². The van der Waals surface area contributed by atoms with Gasteiger partial charge in [-0.15, -0.1) is 0 Å². The van der Waals surface area contributed by atoms with Crippen LogP contribution < -0.4 is 21.3 Å². The van der Waals surface area contributed by atoms with Crippen LogP contribution >= 0.6 is 0 Å². The SMILES string of the molecule is Cc1cc(OC(=O)NCc2ccc(CN)cc2)c(C)n1Cc1ccc(Cn2ccccc2=O)cc1. The zero-order chi connectivity index (χ0) is 24.8. The van der Waals surface area contributed by atoms with Crippen LogP contribution in [0.15, 0.2) is 83.8 Å². The Morgan fingerprint density at radius 3 is 2.17 bits per heavy atom. The average molecular weight is 471 g/mol. The third kappa shape index (κ3) is 6.07. The van der Waals surface area contributed by atoms with E-state index in [0.717, 1.165) is 33.6 Å². The molecule has 35 heavy (non-hydrogen) atoms. The second kappa shape index (κ2) is 10.9. The predicted molar refractivity (Wildman–Crippen MR) is 136 cm³/mol. The Morgan fingerprint density at radius 2 is 1.51 bits per heavy atom. The van der Waals surface area contributed by atoms with E-state index < -0.39 is 6.09 Å². The van der Waals surface area contributed by atoms with E-state index in [1.54, 1.807) is 22.9 Å². The zero-order valence-corrected chi connectivity index (χ0v) is 20.0. The van der Waals surface area contributed by atoms with Gasteiger partial charge < -0.3 is 24.9 Å². The highest BCUT2D eigenvalue weighted by Crippen LogP contribution is 2.24. The van der Waals surface area contributed by atoms with Gasteiger partial charge in [-0.2, -0.15) is 0 Å². The van der Waals surface area contributed by atoms with Gasteiger partial charge in [-0.25, -0.2) is 4.79 Å². The number of nitrogens with zero attached hydrogens (tertiary/aromatic N) is 2. The highest BCUT2D eigenvalue weighted by atomic mass is 16.6. The van der Waals surface area contributed by atoms with Crippen LogP contribution in [-0.4, -0.2) is 15.2 Å². The fourth-order valence-corrected chi connectivity index (χ4v) is 3.94. The van der Waals surface area contributed by atoms with E-state index in [4.69, 9.17) is 10.5 Å². The van der Waals surface area contributed by atoms with Gasteiger partial charge in [-0.05, 0) is 42.2 Å². The van der Waals surface area contributed by atoms with Crippen molar-refractivity contribution in [3.63, 3.8) is 0 Å². The third-order valence-electron chi connectivity index (χ3n) is 6.04. The Balaban J connectivity index is 1.36. The maximum Gasteiger partial charge on any atom is 0.412 e. The van der Waals surface area contributed by atoms with Crippen molar-refractivity contribution in [1.29, 1.82) is 0 Å². The van der Waals surface area contributed by atoms with Crippen molar-refractivity contribution in [2.45, 2.75) is 40.0 Å². The molecule has 4 aromatic rings. The van der Waals surface area contributed by atoms with Gasteiger partial charge in [0.15, 0.2) is 5.75 Å². The van der Waals surface area contributed by atoms with Crippen LogP contribution in [0.1, 0.15) is 33.6 Å². The van der Waals surface area contributed by atoms with E-state index in [2.05, 4.69) is 22.0 Å². The number of ether oxygens (including phenoxy) is 1. The van der Waals surface area contributed by atoms with Crippen molar-refractivity contribution in [1.82, 2.24) is 14.5 Å². The van der Waals surface area contributed by atoms with Gasteiger partial charge in [0.25, 0.3) is 5.56 Å². The molecule has 0 unspecified atom stereocenters. The Hall–Kier alpha value is -4.10. The molecule has 0 aliphatic heterocycles. The van der Waals surface area contributed by atoms with E-state index in [9.17, 15) is 9.59 Å². The van der Waals surface area contributed by atoms with Crippen molar-refractivity contribution in [2.24, 2.45) is 5.73 Å². The Labute approximate surface area is 204 Å². The van der Waals surface area contributed by atoms with Crippen molar-refractivity contribution < 1.29 is 9.53 Å². The topological polar surface area (TPSA) is 91.3 Å². The summed E-state index contributed by atoms with van der Waals surface area (Å²) in [6.07, 6.45) is 1.30. The minimum atomic E-state index is -0.492. The molecule has 0 bridgehead atoms. The first-order valence-electron chi connectivity index (χ1n) is 11.6. The lowest BCUT2D eigenvalue weighted by Gasteiger charge is -2.11. The number of benzene rings is 2. The van der Waals surface area contributed by atoms with Gasteiger partial charge >= 0.3 is 6.09 Å². The van der Waals surface area contributed by atoms with Crippen molar-refractivity contribution in [3.05, 3.63) is 123 Å². The first kappa shape index (κ1) is 24.0. The number of aryl methyl sites for hydroxylation is 1. The van der Waals surface area contributed by atoms with Gasteiger partial charge in [0, 0.05) is 43.7 Å². The lowest BCUT2D eigenvalue weighted by molar-refractivity contribution is 0.199. The van der Waals surface area contributed by atoms with E-state index in [-0.39, 0.29) is 5.56 Å². The van der Waals surface area contributed by atoms with Crippen molar-refractivity contribution >= 4 is 6.09 Å². The van der Waals surface area contributed by atoms with Gasteiger partial charge in [-0.1, -0.05) is 54.6 Å². The molecule has 0 saturated heterocycles. The molecule has 0 spiro atoms. The summed E-state index contributed by atoms with van der Waals surface area (Å²) in [6, 6.07) is 23.0. The fraction of sp³-hybridized carbons (Fsp3) is 0.214. The Morgan fingerprint density at radius 1 is 0.886 bits per heavy atom. The number of carbonyl (C=O) groups is 1. The molecule has 0 atom stereocenters. The summed E-state index contributed by atoms with van der Waals surface area (Å²) in [4.78, 5) is 24.3. The molecule has 180 valence electrons.